The summed E-state index contributed by atoms with van der Waals surface area (Å²) in [5, 5.41) is 9.37. The molecule has 0 saturated heterocycles. The van der Waals surface area contributed by atoms with Gasteiger partial charge in [0, 0.05) is 18.4 Å². The van der Waals surface area contributed by atoms with Crippen molar-refractivity contribution in [3.8, 4) is 12.3 Å². The molecule has 0 saturated carbocycles. The van der Waals surface area contributed by atoms with Crippen LogP contribution in [0, 0.1) is 18.2 Å². The third-order valence-electron chi connectivity index (χ3n) is 2.64. The molecule has 0 bridgehead atoms. The molecular formula is C14H13FN2O2S2. The molecular weight excluding hydrogens is 311 g/mol. The van der Waals surface area contributed by atoms with Gasteiger partial charge in [0.25, 0.3) is 0 Å². The molecule has 1 N–H and O–H groups in total. The highest BCUT2D eigenvalue weighted by molar-refractivity contribution is 8.00. The summed E-state index contributed by atoms with van der Waals surface area (Å²) in [7, 11) is 0. The van der Waals surface area contributed by atoms with Gasteiger partial charge >= 0.3 is 5.97 Å². The third kappa shape index (κ3) is 4.16. The van der Waals surface area contributed by atoms with Gasteiger partial charge in [-0.05, 0) is 12.1 Å². The molecule has 7 heteroatoms. The molecule has 0 aliphatic heterocycles. The second-order valence-electron chi connectivity index (χ2n) is 4.12. The van der Waals surface area contributed by atoms with Crippen LogP contribution in [0.2, 0.25) is 0 Å². The number of hydrogen-bond donors (Lipinski definition) is 1. The van der Waals surface area contributed by atoms with Gasteiger partial charge in [-0.25, -0.2) is 9.37 Å². The lowest BCUT2D eigenvalue weighted by Crippen LogP contribution is -2.05. The Balaban J connectivity index is 2.26. The fourth-order valence-electron chi connectivity index (χ4n) is 1.82. The average Bonchev–Trinajstić information content (AvgIpc) is 2.78. The van der Waals surface area contributed by atoms with Gasteiger partial charge < -0.3 is 9.67 Å². The summed E-state index contributed by atoms with van der Waals surface area (Å²) in [5.74, 6) is 2.61. The maximum absolute atomic E-state index is 13.3. The maximum atomic E-state index is 13.3. The van der Waals surface area contributed by atoms with Crippen LogP contribution < -0.4 is 0 Å². The van der Waals surface area contributed by atoms with E-state index in [1.807, 2.05) is 4.57 Å². The van der Waals surface area contributed by atoms with Crippen LogP contribution in [0.4, 0.5) is 4.39 Å². The number of fused-ring (bicyclic) bond motifs is 1. The first-order valence-corrected chi connectivity index (χ1v) is 8.27. The summed E-state index contributed by atoms with van der Waals surface area (Å²) < 4.78 is 15.2. The average molecular weight is 324 g/mol. The van der Waals surface area contributed by atoms with Crippen molar-refractivity contribution in [3.05, 3.63) is 24.0 Å². The molecule has 0 aliphatic rings. The zero-order valence-corrected chi connectivity index (χ0v) is 12.7. The van der Waals surface area contributed by atoms with Crippen molar-refractivity contribution < 1.29 is 14.3 Å². The summed E-state index contributed by atoms with van der Waals surface area (Å²) in [5.41, 5.74) is 1.33. The van der Waals surface area contributed by atoms with Crippen molar-refractivity contribution >= 4 is 40.5 Å². The minimum atomic E-state index is -0.911. The topological polar surface area (TPSA) is 55.1 Å². The van der Waals surface area contributed by atoms with E-state index in [0.717, 1.165) is 23.0 Å². The lowest BCUT2D eigenvalue weighted by molar-refractivity contribution is -0.133. The van der Waals surface area contributed by atoms with Crippen molar-refractivity contribution in [2.24, 2.45) is 0 Å². The molecule has 110 valence electrons. The van der Waals surface area contributed by atoms with E-state index in [4.69, 9.17) is 11.5 Å². The number of nitrogens with zero attached hydrogens (tertiary/aromatic N) is 2. The first-order chi connectivity index (χ1) is 10.1. The number of carboxylic acid groups (broad SMARTS) is 1. The minimum Gasteiger partial charge on any atom is -0.481 e. The predicted octanol–water partition coefficient (Wildman–Crippen LogP) is 2.72. The van der Waals surface area contributed by atoms with Crippen LogP contribution in [-0.2, 0) is 11.3 Å². The minimum absolute atomic E-state index is 0.0801. The molecule has 2 aromatic rings. The smallest absolute Gasteiger partial charge is 0.313 e. The van der Waals surface area contributed by atoms with Gasteiger partial charge in [-0.3, -0.25) is 4.79 Å². The summed E-state index contributed by atoms with van der Waals surface area (Å²) in [6.45, 7) is 0.649. The summed E-state index contributed by atoms with van der Waals surface area (Å²) in [4.78, 5) is 15.0. The predicted molar refractivity (Wildman–Crippen MR) is 84.2 cm³/mol. The van der Waals surface area contributed by atoms with E-state index >= 15 is 0 Å². The number of carboxylic acids is 1. The molecule has 0 unspecified atom stereocenters. The monoisotopic (exact) mass is 324 g/mol. The van der Waals surface area contributed by atoms with Crippen molar-refractivity contribution in [2.45, 2.75) is 11.7 Å². The number of benzene rings is 1. The highest BCUT2D eigenvalue weighted by Crippen LogP contribution is 2.25. The van der Waals surface area contributed by atoms with Crippen LogP contribution in [-0.4, -0.2) is 37.9 Å². The van der Waals surface area contributed by atoms with Crippen LogP contribution in [0.15, 0.2) is 23.4 Å². The number of imidazole rings is 1. The molecule has 0 aliphatic carbocycles. The SMILES string of the molecule is C#CCSCCn1c(SCC(=O)O)nc2cc(F)ccc21. The summed E-state index contributed by atoms with van der Waals surface area (Å²) in [6.07, 6.45) is 5.21. The lowest BCUT2D eigenvalue weighted by atomic mass is 10.3. The molecule has 1 heterocycles. The zero-order valence-electron chi connectivity index (χ0n) is 11.1. The second-order valence-corrected chi connectivity index (χ2v) is 6.17. The number of aryl methyl sites for hydroxylation is 1. The van der Waals surface area contributed by atoms with E-state index in [0.29, 0.717) is 23.0 Å². The summed E-state index contributed by atoms with van der Waals surface area (Å²) in [6, 6.07) is 4.39. The number of hydrogen-bond acceptors (Lipinski definition) is 4. The number of halogens is 1. The molecule has 0 amide bonds. The Bertz CT molecular complexity index is 694. The van der Waals surface area contributed by atoms with E-state index in [1.54, 1.807) is 17.8 Å². The quantitative estimate of drug-likeness (QED) is 0.482. The molecule has 0 atom stereocenters. The molecule has 21 heavy (non-hydrogen) atoms. The fraction of sp³-hybridized carbons (Fsp3) is 0.286. The van der Waals surface area contributed by atoms with Gasteiger partial charge in [0.05, 0.1) is 22.5 Å². The second kappa shape index (κ2) is 7.38. The van der Waals surface area contributed by atoms with Crippen molar-refractivity contribution in [1.29, 1.82) is 0 Å². The highest BCUT2D eigenvalue weighted by atomic mass is 32.2. The summed E-state index contributed by atoms with van der Waals surface area (Å²) >= 11 is 2.74. The van der Waals surface area contributed by atoms with Gasteiger partial charge in [0.15, 0.2) is 5.16 Å². The van der Waals surface area contributed by atoms with Gasteiger partial charge in [-0.15, -0.1) is 18.2 Å². The number of terminal acetylenes is 1. The lowest BCUT2D eigenvalue weighted by Gasteiger charge is -2.07. The molecule has 4 nitrogen and oxygen atoms in total. The van der Waals surface area contributed by atoms with Crippen LogP contribution >= 0.6 is 23.5 Å². The van der Waals surface area contributed by atoms with Gasteiger partial charge in [0.2, 0.25) is 0 Å². The Kier molecular flexibility index (Phi) is 5.53. The Labute approximate surface area is 130 Å². The largest absolute Gasteiger partial charge is 0.481 e. The van der Waals surface area contributed by atoms with E-state index in [1.165, 1.54) is 12.1 Å². The molecule has 0 spiro atoms. The molecule has 0 fully saturated rings. The number of aliphatic carboxylic acids is 1. The zero-order chi connectivity index (χ0) is 15.2. The highest BCUT2D eigenvalue weighted by Gasteiger charge is 2.13. The third-order valence-corrected chi connectivity index (χ3v) is 4.45. The van der Waals surface area contributed by atoms with Crippen molar-refractivity contribution in [3.63, 3.8) is 0 Å². The van der Waals surface area contributed by atoms with Gasteiger partial charge in [0.1, 0.15) is 5.82 Å². The standard InChI is InChI=1S/C14H13FN2O2S2/c1-2-6-20-7-5-17-12-4-3-10(15)8-11(12)16-14(17)21-9-13(18)19/h1,3-4,8H,5-7,9H2,(H,18,19). The number of rotatable bonds is 7. The Morgan fingerprint density at radius 1 is 1.52 bits per heavy atom. The number of aromatic nitrogens is 2. The van der Waals surface area contributed by atoms with Crippen LogP contribution in [0.5, 0.6) is 0 Å². The van der Waals surface area contributed by atoms with E-state index in [9.17, 15) is 9.18 Å². The normalized spacial score (nSPS) is 10.7. The number of carbonyl (C=O) groups is 1. The first-order valence-electron chi connectivity index (χ1n) is 6.13. The van der Waals surface area contributed by atoms with Crippen LogP contribution in [0.1, 0.15) is 0 Å². The van der Waals surface area contributed by atoms with Crippen molar-refractivity contribution in [2.75, 3.05) is 17.3 Å². The number of thioether (sulfide) groups is 2. The molecule has 1 aromatic heterocycles. The van der Waals surface area contributed by atoms with E-state index < -0.39 is 5.97 Å². The van der Waals surface area contributed by atoms with E-state index in [-0.39, 0.29) is 11.6 Å². The maximum Gasteiger partial charge on any atom is 0.313 e. The van der Waals surface area contributed by atoms with Crippen LogP contribution in [0.25, 0.3) is 11.0 Å². The van der Waals surface area contributed by atoms with E-state index in [2.05, 4.69) is 10.9 Å². The molecule has 2 rings (SSSR count). The Morgan fingerprint density at radius 3 is 3.05 bits per heavy atom. The Hall–Kier alpha value is -1.65. The molecule has 0 radical (unpaired) electrons. The van der Waals surface area contributed by atoms with Crippen molar-refractivity contribution in [1.82, 2.24) is 9.55 Å². The van der Waals surface area contributed by atoms with Gasteiger partial charge in [-0.1, -0.05) is 17.7 Å². The van der Waals surface area contributed by atoms with Crippen LogP contribution in [0.3, 0.4) is 0 Å². The first kappa shape index (κ1) is 15.7. The van der Waals surface area contributed by atoms with Gasteiger partial charge in [-0.2, -0.15) is 0 Å². The fourth-order valence-corrected chi connectivity index (χ4v) is 3.16. The Morgan fingerprint density at radius 2 is 2.33 bits per heavy atom. The molecule has 1 aromatic carbocycles.